The van der Waals surface area contributed by atoms with Crippen LogP contribution in [-0.2, 0) is 13.1 Å². The third-order valence-corrected chi connectivity index (χ3v) is 5.90. The molecule has 0 radical (unpaired) electrons. The molecule has 0 aliphatic heterocycles. The zero-order valence-corrected chi connectivity index (χ0v) is 18.4. The third-order valence-electron chi connectivity index (χ3n) is 4.91. The molecule has 0 spiro atoms. The van der Waals surface area contributed by atoms with E-state index in [1.807, 2.05) is 69.8 Å². The van der Waals surface area contributed by atoms with Crippen molar-refractivity contribution in [2.45, 2.75) is 19.5 Å². The van der Waals surface area contributed by atoms with E-state index in [2.05, 4.69) is 0 Å². The number of hydrogen-bond acceptors (Lipinski definition) is 2. The lowest BCUT2D eigenvalue weighted by Gasteiger charge is -2.08. The average molecular weight is 461 g/mol. The van der Waals surface area contributed by atoms with Gasteiger partial charge in [-0.15, -0.1) is 0 Å². The van der Waals surface area contributed by atoms with Crippen LogP contribution in [0.2, 0.25) is 15.1 Å². The summed E-state index contributed by atoms with van der Waals surface area (Å²) < 4.78 is 9.79. The summed E-state index contributed by atoms with van der Waals surface area (Å²) in [5.41, 5.74) is 3.46. The second-order valence-corrected chi connectivity index (χ2v) is 8.21. The van der Waals surface area contributed by atoms with E-state index in [1.165, 1.54) is 0 Å². The Hall–Kier alpha value is -2.40. The summed E-state index contributed by atoms with van der Waals surface area (Å²) in [4.78, 5) is 0. The minimum absolute atomic E-state index is 0.439. The summed E-state index contributed by atoms with van der Waals surface area (Å²) in [6.45, 7) is 1.78. The van der Waals surface area contributed by atoms with Crippen LogP contribution in [0.15, 0.2) is 66.7 Å². The van der Waals surface area contributed by atoms with Crippen LogP contribution in [-0.4, -0.2) is 15.7 Å². The Balaban J connectivity index is 1.53. The molecule has 0 unspecified atom stereocenters. The van der Waals surface area contributed by atoms with Crippen molar-refractivity contribution in [2.24, 2.45) is 0 Å². The number of aromatic nitrogens is 2. The van der Waals surface area contributed by atoms with Crippen molar-refractivity contribution in [3.8, 4) is 5.75 Å². The van der Waals surface area contributed by atoms with Crippen LogP contribution in [0.3, 0.4) is 0 Å². The first-order valence-corrected chi connectivity index (χ1v) is 10.7. The van der Waals surface area contributed by atoms with Crippen LogP contribution in [0, 0.1) is 5.41 Å². The van der Waals surface area contributed by atoms with Crippen molar-refractivity contribution in [1.29, 1.82) is 5.41 Å². The van der Waals surface area contributed by atoms with Crippen LogP contribution < -0.4 is 10.4 Å². The van der Waals surface area contributed by atoms with Crippen LogP contribution in [0.4, 0.5) is 0 Å². The molecule has 0 aliphatic rings. The highest BCUT2D eigenvalue weighted by molar-refractivity contribution is 6.42. The zero-order valence-electron chi connectivity index (χ0n) is 16.1. The number of aryl methyl sites for hydroxylation is 1. The van der Waals surface area contributed by atoms with Crippen molar-refractivity contribution in [3.05, 3.63) is 93.0 Å². The van der Waals surface area contributed by atoms with E-state index in [4.69, 9.17) is 44.9 Å². The van der Waals surface area contributed by atoms with Gasteiger partial charge < -0.3 is 13.9 Å². The molecule has 1 N–H and O–H groups in total. The third kappa shape index (κ3) is 4.51. The molecule has 0 fully saturated rings. The second kappa shape index (κ2) is 9.17. The van der Waals surface area contributed by atoms with Gasteiger partial charge in [-0.25, -0.2) is 0 Å². The van der Waals surface area contributed by atoms with E-state index < -0.39 is 0 Å². The summed E-state index contributed by atoms with van der Waals surface area (Å²) in [7, 11) is 0. The van der Waals surface area contributed by atoms with Gasteiger partial charge in [0.1, 0.15) is 5.75 Å². The van der Waals surface area contributed by atoms with Crippen molar-refractivity contribution < 1.29 is 4.74 Å². The molecule has 0 aliphatic carbocycles. The van der Waals surface area contributed by atoms with Crippen molar-refractivity contribution in [1.82, 2.24) is 9.13 Å². The topological polar surface area (TPSA) is 42.9 Å². The molecular formula is C23H20Cl3N3O. The molecule has 30 heavy (non-hydrogen) atoms. The number of para-hydroxylation sites is 2. The summed E-state index contributed by atoms with van der Waals surface area (Å²) in [6, 6.07) is 21.0. The SMILES string of the molecule is N=c1n(CCCOc2ccc(Cl)cc2)c2ccccc2n1Cc1ccc(Cl)c(Cl)c1. The fourth-order valence-corrected chi connectivity index (χ4v) is 3.89. The van der Waals surface area contributed by atoms with Crippen LogP contribution in [0.25, 0.3) is 11.0 Å². The monoisotopic (exact) mass is 459 g/mol. The number of benzene rings is 3. The van der Waals surface area contributed by atoms with Gasteiger partial charge in [-0.05, 0) is 60.5 Å². The molecule has 3 aromatic carbocycles. The Morgan fingerprint density at radius 2 is 1.50 bits per heavy atom. The Kier molecular flexibility index (Phi) is 6.38. The smallest absolute Gasteiger partial charge is 0.203 e. The summed E-state index contributed by atoms with van der Waals surface area (Å²) in [6.07, 6.45) is 0.778. The van der Waals surface area contributed by atoms with E-state index in [0.717, 1.165) is 28.8 Å². The molecule has 4 nitrogen and oxygen atoms in total. The van der Waals surface area contributed by atoms with Crippen molar-refractivity contribution >= 4 is 45.8 Å². The summed E-state index contributed by atoms with van der Waals surface area (Å²) in [5.74, 6) is 0.789. The van der Waals surface area contributed by atoms with Crippen LogP contribution in [0.1, 0.15) is 12.0 Å². The van der Waals surface area contributed by atoms with Gasteiger partial charge in [-0.1, -0.05) is 53.0 Å². The van der Waals surface area contributed by atoms with Gasteiger partial charge in [0.2, 0.25) is 5.62 Å². The minimum Gasteiger partial charge on any atom is -0.494 e. The van der Waals surface area contributed by atoms with E-state index in [-0.39, 0.29) is 0 Å². The van der Waals surface area contributed by atoms with Gasteiger partial charge >= 0.3 is 0 Å². The van der Waals surface area contributed by atoms with Gasteiger partial charge in [-0.2, -0.15) is 0 Å². The number of imidazole rings is 1. The Morgan fingerprint density at radius 1 is 0.800 bits per heavy atom. The van der Waals surface area contributed by atoms with E-state index in [1.54, 1.807) is 6.07 Å². The second-order valence-electron chi connectivity index (χ2n) is 6.95. The molecule has 4 aromatic rings. The average Bonchev–Trinajstić information content (AvgIpc) is 3.01. The van der Waals surface area contributed by atoms with Gasteiger partial charge in [0.25, 0.3) is 0 Å². The van der Waals surface area contributed by atoms with Crippen molar-refractivity contribution in [3.63, 3.8) is 0 Å². The maximum atomic E-state index is 8.75. The molecule has 0 saturated carbocycles. The van der Waals surface area contributed by atoms with Gasteiger partial charge in [-0.3, -0.25) is 5.41 Å². The molecule has 0 amide bonds. The predicted octanol–water partition coefficient (Wildman–Crippen LogP) is 6.40. The molecular weight excluding hydrogens is 441 g/mol. The molecule has 0 bridgehead atoms. The number of ether oxygens (including phenoxy) is 1. The number of halogens is 3. The Labute approximate surface area is 189 Å². The fourth-order valence-electron chi connectivity index (χ4n) is 3.45. The normalized spacial score (nSPS) is 11.2. The number of nitrogens with one attached hydrogen (secondary N) is 1. The fraction of sp³-hybridized carbons (Fsp3) is 0.174. The number of hydrogen-bond donors (Lipinski definition) is 1. The van der Waals surface area contributed by atoms with Gasteiger partial charge in [0.15, 0.2) is 0 Å². The highest BCUT2D eigenvalue weighted by Gasteiger charge is 2.11. The Bertz CT molecular complexity index is 1230. The van der Waals surface area contributed by atoms with Gasteiger partial charge in [0.05, 0.1) is 34.2 Å². The highest BCUT2D eigenvalue weighted by atomic mass is 35.5. The van der Waals surface area contributed by atoms with Crippen LogP contribution >= 0.6 is 34.8 Å². The van der Waals surface area contributed by atoms with Crippen molar-refractivity contribution in [2.75, 3.05) is 6.61 Å². The molecule has 0 saturated heterocycles. The maximum absolute atomic E-state index is 8.75. The summed E-state index contributed by atoms with van der Waals surface area (Å²) >= 11 is 18.1. The molecule has 7 heteroatoms. The zero-order chi connectivity index (χ0) is 21.1. The molecule has 0 atom stereocenters. The molecule has 154 valence electrons. The molecule has 1 aromatic heterocycles. The quantitative estimate of drug-likeness (QED) is 0.319. The van der Waals surface area contributed by atoms with E-state index in [9.17, 15) is 0 Å². The molecule has 1 heterocycles. The lowest BCUT2D eigenvalue weighted by molar-refractivity contribution is 0.301. The first-order valence-electron chi connectivity index (χ1n) is 9.58. The first kappa shape index (κ1) is 20.9. The van der Waals surface area contributed by atoms with E-state index >= 15 is 0 Å². The first-order chi connectivity index (χ1) is 14.5. The lowest BCUT2D eigenvalue weighted by Crippen LogP contribution is -2.25. The number of rotatable bonds is 7. The lowest BCUT2D eigenvalue weighted by atomic mass is 10.2. The number of fused-ring (bicyclic) bond motifs is 1. The summed E-state index contributed by atoms with van der Waals surface area (Å²) in [5, 5.41) is 10.5. The van der Waals surface area contributed by atoms with Gasteiger partial charge in [0, 0.05) is 11.6 Å². The molecule has 4 rings (SSSR count). The largest absolute Gasteiger partial charge is 0.494 e. The van der Waals surface area contributed by atoms with E-state index in [0.29, 0.717) is 40.4 Å². The predicted molar refractivity (Wildman–Crippen MR) is 123 cm³/mol. The number of nitrogens with zero attached hydrogens (tertiary/aromatic N) is 2. The standard InChI is InChI=1S/C23H20Cl3N3O/c24-17-7-9-18(10-8-17)30-13-3-12-28-21-4-1-2-5-22(21)29(23(28)27)15-16-6-11-19(25)20(26)14-16/h1-2,4-11,14,27H,3,12-13,15H2. The minimum atomic E-state index is 0.439. The Morgan fingerprint density at radius 3 is 2.20 bits per heavy atom. The highest BCUT2D eigenvalue weighted by Crippen LogP contribution is 2.24. The van der Waals surface area contributed by atoms with Crippen LogP contribution in [0.5, 0.6) is 5.75 Å². The maximum Gasteiger partial charge on any atom is 0.203 e.